The van der Waals surface area contributed by atoms with Crippen LogP contribution in [0.1, 0.15) is 11.5 Å². The summed E-state index contributed by atoms with van der Waals surface area (Å²) in [6, 6.07) is 14.1. The van der Waals surface area contributed by atoms with Crippen molar-refractivity contribution < 1.29 is 4.79 Å². The minimum Gasteiger partial charge on any atom is -0.344 e. The number of carbonyl (C=O) groups is 1. The van der Waals surface area contributed by atoms with Gasteiger partial charge in [-0.3, -0.25) is 0 Å². The Bertz CT molecular complexity index is 806. The molecule has 5 heteroatoms. The predicted molar refractivity (Wildman–Crippen MR) is 85.9 cm³/mol. The first-order valence-corrected chi connectivity index (χ1v) is 7.34. The Morgan fingerprint density at radius 3 is 2.82 bits per heavy atom. The fourth-order valence-corrected chi connectivity index (χ4v) is 2.83. The molecule has 22 heavy (non-hydrogen) atoms. The van der Waals surface area contributed by atoms with E-state index in [4.69, 9.17) is 0 Å². The average Bonchev–Trinajstić information content (AvgIpc) is 2.90. The molecular formula is C17H16N4O. The van der Waals surface area contributed by atoms with Crippen LogP contribution >= 0.6 is 0 Å². The van der Waals surface area contributed by atoms with E-state index < -0.39 is 0 Å². The number of hydrogen-bond donors (Lipinski definition) is 2. The van der Waals surface area contributed by atoms with Gasteiger partial charge in [-0.2, -0.15) is 0 Å². The minimum atomic E-state index is -0.0584. The van der Waals surface area contributed by atoms with E-state index in [0.29, 0.717) is 5.92 Å². The lowest BCUT2D eigenvalue weighted by Crippen LogP contribution is -2.50. The summed E-state index contributed by atoms with van der Waals surface area (Å²) in [5.41, 5.74) is 2.85. The van der Waals surface area contributed by atoms with Crippen LogP contribution in [0.3, 0.4) is 0 Å². The average molecular weight is 292 g/mol. The molecule has 0 unspecified atom stereocenters. The second-order valence-electron chi connectivity index (χ2n) is 5.54. The molecule has 1 aliphatic heterocycles. The maximum Gasteiger partial charge on any atom is 0.321 e. The molecule has 3 aromatic rings. The van der Waals surface area contributed by atoms with E-state index in [-0.39, 0.29) is 6.03 Å². The van der Waals surface area contributed by atoms with Gasteiger partial charge in [-0.05, 0) is 17.7 Å². The zero-order valence-electron chi connectivity index (χ0n) is 12.0. The van der Waals surface area contributed by atoms with Crippen molar-refractivity contribution in [1.29, 1.82) is 0 Å². The number of carbonyl (C=O) groups excluding carboxylic acids is 1. The molecule has 0 atom stereocenters. The molecule has 110 valence electrons. The highest BCUT2D eigenvalue weighted by Crippen LogP contribution is 2.28. The zero-order valence-corrected chi connectivity index (χ0v) is 12.0. The van der Waals surface area contributed by atoms with Crippen LogP contribution in [0.2, 0.25) is 0 Å². The van der Waals surface area contributed by atoms with Crippen LogP contribution in [0, 0.1) is 0 Å². The van der Waals surface area contributed by atoms with E-state index in [1.807, 2.05) is 35.2 Å². The van der Waals surface area contributed by atoms with Gasteiger partial charge >= 0.3 is 6.03 Å². The maximum atomic E-state index is 12.3. The van der Waals surface area contributed by atoms with Crippen molar-refractivity contribution >= 4 is 22.8 Å². The molecule has 0 spiro atoms. The summed E-state index contributed by atoms with van der Waals surface area (Å²) < 4.78 is 0. The lowest BCUT2D eigenvalue weighted by Gasteiger charge is -2.39. The number of aromatic nitrogens is 2. The van der Waals surface area contributed by atoms with Crippen molar-refractivity contribution in [2.45, 2.75) is 5.92 Å². The summed E-state index contributed by atoms with van der Waals surface area (Å²) in [5, 5.41) is 3.88. The third kappa shape index (κ3) is 2.20. The second-order valence-corrected chi connectivity index (χ2v) is 5.54. The summed E-state index contributed by atoms with van der Waals surface area (Å²) >= 11 is 0. The number of urea groups is 1. The van der Waals surface area contributed by atoms with Gasteiger partial charge in [0, 0.05) is 36.8 Å². The van der Waals surface area contributed by atoms with E-state index in [1.54, 1.807) is 12.4 Å². The molecule has 2 aromatic heterocycles. The zero-order chi connectivity index (χ0) is 14.9. The number of amides is 2. The van der Waals surface area contributed by atoms with Crippen molar-refractivity contribution in [3.8, 4) is 0 Å². The molecule has 1 saturated heterocycles. The first-order chi connectivity index (χ1) is 10.8. The number of aromatic amines is 1. The van der Waals surface area contributed by atoms with Crippen molar-refractivity contribution in [3.63, 3.8) is 0 Å². The summed E-state index contributed by atoms with van der Waals surface area (Å²) in [6.45, 7) is 1.52. The molecule has 1 fully saturated rings. The Morgan fingerprint density at radius 2 is 2.00 bits per heavy atom. The largest absolute Gasteiger partial charge is 0.344 e. The molecule has 0 bridgehead atoms. The van der Waals surface area contributed by atoms with Crippen LogP contribution in [0.25, 0.3) is 11.0 Å². The van der Waals surface area contributed by atoms with E-state index in [0.717, 1.165) is 29.8 Å². The number of hydrogen-bond acceptors (Lipinski definition) is 2. The highest BCUT2D eigenvalue weighted by Gasteiger charge is 2.31. The maximum absolute atomic E-state index is 12.3. The highest BCUT2D eigenvalue weighted by molar-refractivity contribution is 6.00. The van der Waals surface area contributed by atoms with Gasteiger partial charge in [0.15, 0.2) is 0 Å². The Labute approximate surface area is 128 Å². The third-order valence-electron chi connectivity index (χ3n) is 4.13. The minimum absolute atomic E-state index is 0.0584. The standard InChI is InChI=1S/C17H16N4O/c22-17(20-15-9-19-16-14(15)7-4-8-18-16)21-10-13(11-21)12-5-2-1-3-6-12/h1-9,13H,10-11H2,(H,18,19)(H,20,22). The molecule has 0 radical (unpaired) electrons. The van der Waals surface area contributed by atoms with E-state index in [9.17, 15) is 4.79 Å². The highest BCUT2D eigenvalue weighted by atomic mass is 16.2. The molecule has 3 heterocycles. The van der Waals surface area contributed by atoms with Gasteiger partial charge in [-0.25, -0.2) is 9.78 Å². The van der Waals surface area contributed by atoms with Gasteiger partial charge in [-0.15, -0.1) is 0 Å². The van der Waals surface area contributed by atoms with Crippen LogP contribution in [-0.4, -0.2) is 34.0 Å². The molecule has 4 rings (SSSR count). The van der Waals surface area contributed by atoms with Crippen LogP contribution < -0.4 is 5.32 Å². The number of anilines is 1. The van der Waals surface area contributed by atoms with E-state index in [1.165, 1.54) is 5.56 Å². The van der Waals surface area contributed by atoms with Gasteiger partial charge in [-0.1, -0.05) is 30.3 Å². The number of pyridine rings is 1. The van der Waals surface area contributed by atoms with Crippen LogP contribution in [0.4, 0.5) is 10.5 Å². The Hall–Kier alpha value is -2.82. The van der Waals surface area contributed by atoms with Crippen molar-refractivity contribution in [2.75, 3.05) is 18.4 Å². The number of likely N-dealkylation sites (tertiary alicyclic amines) is 1. The molecule has 2 N–H and O–H groups in total. The van der Waals surface area contributed by atoms with Crippen LogP contribution in [0.5, 0.6) is 0 Å². The SMILES string of the molecule is O=C(Nc1c[nH]c2ncccc12)N1CC(c2ccccc2)C1. The lowest BCUT2D eigenvalue weighted by molar-refractivity contribution is 0.164. The number of nitrogens with zero attached hydrogens (tertiary/aromatic N) is 2. The van der Waals surface area contributed by atoms with Gasteiger partial charge in [0.05, 0.1) is 5.69 Å². The quantitative estimate of drug-likeness (QED) is 0.762. The second kappa shape index (κ2) is 5.18. The van der Waals surface area contributed by atoms with Gasteiger partial charge in [0.25, 0.3) is 0 Å². The number of rotatable bonds is 2. The van der Waals surface area contributed by atoms with Crippen LogP contribution in [0.15, 0.2) is 54.9 Å². The fraction of sp³-hybridized carbons (Fsp3) is 0.176. The first-order valence-electron chi connectivity index (χ1n) is 7.34. The molecule has 0 saturated carbocycles. The lowest BCUT2D eigenvalue weighted by atomic mass is 9.92. The molecule has 2 amide bonds. The normalized spacial score (nSPS) is 14.8. The Morgan fingerprint density at radius 1 is 1.18 bits per heavy atom. The Kier molecular flexibility index (Phi) is 3.04. The number of H-pyrrole nitrogens is 1. The van der Waals surface area contributed by atoms with Gasteiger partial charge in [0.2, 0.25) is 0 Å². The summed E-state index contributed by atoms with van der Waals surface area (Å²) in [7, 11) is 0. The molecule has 1 aliphatic rings. The van der Waals surface area contributed by atoms with Crippen LogP contribution in [-0.2, 0) is 0 Å². The molecule has 5 nitrogen and oxygen atoms in total. The first kappa shape index (κ1) is 12.9. The van der Waals surface area contributed by atoms with Gasteiger partial charge in [0.1, 0.15) is 5.65 Å². The number of benzene rings is 1. The van der Waals surface area contributed by atoms with E-state index >= 15 is 0 Å². The Balaban J connectivity index is 1.42. The van der Waals surface area contributed by atoms with Crippen molar-refractivity contribution in [1.82, 2.24) is 14.9 Å². The van der Waals surface area contributed by atoms with Gasteiger partial charge < -0.3 is 15.2 Å². The number of fused-ring (bicyclic) bond motifs is 1. The summed E-state index contributed by atoms with van der Waals surface area (Å²) in [4.78, 5) is 21.4. The molecule has 1 aromatic carbocycles. The molecular weight excluding hydrogens is 276 g/mol. The third-order valence-corrected chi connectivity index (χ3v) is 4.13. The summed E-state index contributed by atoms with van der Waals surface area (Å²) in [5.74, 6) is 0.441. The fourth-order valence-electron chi connectivity index (χ4n) is 2.83. The molecule has 0 aliphatic carbocycles. The summed E-state index contributed by atoms with van der Waals surface area (Å²) in [6.07, 6.45) is 3.51. The van der Waals surface area contributed by atoms with Crippen molar-refractivity contribution in [3.05, 3.63) is 60.4 Å². The smallest absolute Gasteiger partial charge is 0.321 e. The van der Waals surface area contributed by atoms with Crippen molar-refractivity contribution in [2.24, 2.45) is 0 Å². The topological polar surface area (TPSA) is 61.0 Å². The predicted octanol–water partition coefficient (Wildman–Crippen LogP) is 3.19. The monoisotopic (exact) mass is 292 g/mol. The number of nitrogens with one attached hydrogen (secondary N) is 2. The van der Waals surface area contributed by atoms with E-state index in [2.05, 4.69) is 27.4 Å².